The molecule has 1 amide bonds. The maximum atomic E-state index is 13.5. The van der Waals surface area contributed by atoms with Gasteiger partial charge in [-0.3, -0.25) is 19.3 Å². The van der Waals surface area contributed by atoms with Gasteiger partial charge in [-0.1, -0.05) is 44.7 Å². The van der Waals surface area contributed by atoms with Crippen LogP contribution in [0.15, 0.2) is 45.5 Å². The number of nitrogens with zero attached hydrogens (tertiary/aromatic N) is 4. The average molecular weight is 593 g/mol. The van der Waals surface area contributed by atoms with Crippen LogP contribution in [0, 0.1) is 5.41 Å². The number of sulfone groups is 1. The first-order valence-corrected chi connectivity index (χ1v) is 14.6. The van der Waals surface area contributed by atoms with Gasteiger partial charge in [0.05, 0.1) is 11.3 Å². The molecule has 1 unspecified atom stereocenters. The molecule has 40 heavy (non-hydrogen) atoms. The van der Waals surface area contributed by atoms with Gasteiger partial charge in [0, 0.05) is 30.9 Å². The highest BCUT2D eigenvalue weighted by molar-refractivity contribution is 7.98. The summed E-state index contributed by atoms with van der Waals surface area (Å²) >= 11 is 1.18. The Bertz CT molecular complexity index is 1590. The standard InChI is InChI=1S/C25H28N4O9S2/c1-12-15(17(30)25(2,3)4)29-20(33)16(37-6)21(29)40(35,36)23(12)38-22(34)14-9-7-13(8-10-14)11-39-24-26-18(31)19(32)27-28(24)5/h7-10,16,21,23H,11H2,1-6H3,(H,27,32)/t16-,21-,23?/m0/s1. The minimum absolute atomic E-state index is 0.0546. The van der Waals surface area contributed by atoms with E-state index in [1.54, 1.807) is 32.9 Å². The number of β-lactam (4-membered cyclic amide) rings is 1. The number of rotatable bonds is 7. The molecular formula is C25H28N4O9S2. The normalized spacial score (nSPS) is 22.0. The van der Waals surface area contributed by atoms with Crippen molar-refractivity contribution in [2.75, 3.05) is 7.11 Å². The number of thioether (sulfide) groups is 1. The second kappa shape index (κ2) is 10.4. The molecule has 0 radical (unpaired) electrons. The molecule has 3 heterocycles. The molecule has 2 aliphatic heterocycles. The van der Waals surface area contributed by atoms with Gasteiger partial charge >= 0.3 is 11.5 Å². The molecule has 2 aromatic rings. The lowest BCUT2D eigenvalue weighted by Gasteiger charge is -2.50. The number of hydrogen-bond acceptors (Lipinski definition) is 12. The molecule has 0 spiro atoms. The Morgan fingerprint density at radius 1 is 1.15 bits per heavy atom. The molecule has 1 fully saturated rings. The summed E-state index contributed by atoms with van der Waals surface area (Å²) in [5.41, 5.74) is -2.94. The van der Waals surface area contributed by atoms with Gasteiger partial charge in [-0.05, 0) is 24.6 Å². The van der Waals surface area contributed by atoms with Crippen molar-refractivity contribution in [1.82, 2.24) is 19.7 Å². The van der Waals surface area contributed by atoms with Crippen molar-refractivity contribution >= 4 is 39.3 Å². The number of aromatic nitrogens is 3. The summed E-state index contributed by atoms with van der Waals surface area (Å²) in [5, 5.41) is 11.8. The maximum absolute atomic E-state index is 13.5. The highest BCUT2D eigenvalue weighted by Crippen LogP contribution is 2.43. The van der Waals surface area contributed by atoms with E-state index >= 15 is 0 Å². The molecule has 1 aromatic carbocycles. The average Bonchev–Trinajstić information content (AvgIpc) is 2.88. The van der Waals surface area contributed by atoms with Gasteiger partial charge in [0.15, 0.2) is 22.4 Å². The molecule has 0 aliphatic carbocycles. The lowest BCUT2D eigenvalue weighted by Crippen LogP contribution is -2.72. The van der Waals surface area contributed by atoms with Gasteiger partial charge in [-0.15, -0.1) is 5.10 Å². The molecule has 1 saturated heterocycles. The molecular weight excluding hydrogens is 564 g/mol. The minimum Gasteiger partial charge on any atom is -0.488 e. The zero-order valence-electron chi connectivity index (χ0n) is 22.6. The van der Waals surface area contributed by atoms with Crippen molar-refractivity contribution < 1.29 is 37.4 Å². The Morgan fingerprint density at radius 3 is 2.35 bits per heavy atom. The van der Waals surface area contributed by atoms with Crippen LogP contribution >= 0.6 is 11.8 Å². The fourth-order valence-electron chi connectivity index (χ4n) is 4.30. The Morgan fingerprint density at radius 2 is 1.77 bits per heavy atom. The summed E-state index contributed by atoms with van der Waals surface area (Å²) in [6, 6.07) is 6.14. The van der Waals surface area contributed by atoms with E-state index in [1.807, 2.05) is 0 Å². The molecule has 3 atom stereocenters. The summed E-state index contributed by atoms with van der Waals surface area (Å²) in [5.74, 6) is -2.41. The fourth-order valence-corrected chi connectivity index (χ4v) is 7.32. The molecule has 2 aliphatic rings. The van der Waals surface area contributed by atoms with Gasteiger partial charge in [-0.25, -0.2) is 17.9 Å². The van der Waals surface area contributed by atoms with Crippen molar-refractivity contribution in [2.45, 2.75) is 55.5 Å². The number of methoxy groups -OCH3 is 1. The van der Waals surface area contributed by atoms with E-state index in [0.29, 0.717) is 5.75 Å². The quantitative estimate of drug-likeness (QED) is 0.276. The van der Waals surface area contributed by atoms with Crippen molar-refractivity contribution in [2.24, 2.45) is 12.5 Å². The fraction of sp³-hybridized carbons (Fsp3) is 0.440. The van der Waals surface area contributed by atoms with Gasteiger partial charge < -0.3 is 14.6 Å². The summed E-state index contributed by atoms with van der Waals surface area (Å²) in [4.78, 5) is 55.2. The number of esters is 1. The first-order valence-electron chi connectivity index (χ1n) is 12.0. The van der Waals surface area contributed by atoms with Crippen LogP contribution in [0.5, 0.6) is 5.88 Å². The Kier molecular flexibility index (Phi) is 7.68. The van der Waals surface area contributed by atoms with Crippen molar-refractivity contribution in [1.29, 1.82) is 0 Å². The largest absolute Gasteiger partial charge is 0.488 e. The first-order chi connectivity index (χ1) is 18.6. The summed E-state index contributed by atoms with van der Waals surface area (Å²) in [6.07, 6.45) is -1.32. The van der Waals surface area contributed by atoms with Crippen molar-refractivity contribution in [3.63, 3.8) is 0 Å². The van der Waals surface area contributed by atoms with Crippen molar-refractivity contribution in [3.05, 3.63) is 57.0 Å². The van der Waals surface area contributed by atoms with E-state index in [0.717, 1.165) is 10.5 Å². The maximum Gasteiger partial charge on any atom is 0.339 e. The second-order valence-electron chi connectivity index (χ2n) is 10.3. The number of hydrogen-bond donors (Lipinski definition) is 1. The predicted molar refractivity (Wildman–Crippen MR) is 142 cm³/mol. The van der Waals surface area contributed by atoms with Crippen LogP contribution in [-0.4, -0.2) is 74.9 Å². The van der Waals surface area contributed by atoms with Crippen LogP contribution < -0.4 is 5.56 Å². The molecule has 4 rings (SSSR count). The van der Waals surface area contributed by atoms with E-state index < -0.39 is 61.3 Å². The molecule has 1 aromatic heterocycles. The highest BCUT2D eigenvalue weighted by Gasteiger charge is 2.64. The number of amides is 1. The van der Waals surface area contributed by atoms with E-state index in [4.69, 9.17) is 9.47 Å². The third kappa shape index (κ3) is 5.04. The summed E-state index contributed by atoms with van der Waals surface area (Å²) in [7, 11) is -1.60. The Balaban J connectivity index is 1.57. The lowest BCUT2D eigenvalue weighted by molar-refractivity contribution is -0.161. The smallest absolute Gasteiger partial charge is 0.339 e. The van der Waals surface area contributed by atoms with E-state index in [9.17, 15) is 32.7 Å². The van der Waals surface area contributed by atoms with Crippen LogP contribution in [0.4, 0.5) is 0 Å². The number of aromatic hydroxyl groups is 1. The number of allylic oxidation sites excluding steroid dienone is 1. The third-order valence-electron chi connectivity index (χ3n) is 6.43. The van der Waals surface area contributed by atoms with E-state index in [-0.39, 0.29) is 22.0 Å². The highest BCUT2D eigenvalue weighted by atomic mass is 32.2. The van der Waals surface area contributed by atoms with Gasteiger partial charge in [0.25, 0.3) is 11.8 Å². The Labute approximate surface area is 234 Å². The number of fused-ring (bicyclic) bond motifs is 1. The third-order valence-corrected chi connectivity index (χ3v) is 9.70. The van der Waals surface area contributed by atoms with Crippen molar-refractivity contribution in [3.8, 4) is 5.88 Å². The van der Waals surface area contributed by atoms with Gasteiger partial charge in [0.1, 0.15) is 0 Å². The summed E-state index contributed by atoms with van der Waals surface area (Å²) < 4.78 is 38.8. The second-order valence-corrected chi connectivity index (χ2v) is 13.4. The number of carbonyl (C=O) groups is 3. The SMILES string of the molecule is CO[C@H]1C(=O)N2C(C(=O)C(C)(C)C)=C(C)C(OC(=O)c3ccc(CSc4nc(=O)c(O)nn4C)cc3)S(=O)(=O)[C@@H]12. The summed E-state index contributed by atoms with van der Waals surface area (Å²) in [6.45, 7) is 6.28. The first kappa shape index (κ1) is 29.4. The molecule has 15 heteroatoms. The number of Topliss-reactive ketones (excluding diaryl/α,β-unsaturated/α-hetero) is 1. The van der Waals surface area contributed by atoms with Crippen LogP contribution in [0.3, 0.4) is 0 Å². The zero-order chi connectivity index (χ0) is 29.7. The molecule has 0 bridgehead atoms. The molecule has 13 nitrogen and oxygen atoms in total. The van der Waals surface area contributed by atoms with Crippen LogP contribution in [0.2, 0.25) is 0 Å². The predicted octanol–water partition coefficient (Wildman–Crippen LogP) is 1.16. The van der Waals surface area contributed by atoms with Crippen LogP contribution in [0.1, 0.15) is 43.6 Å². The molecule has 214 valence electrons. The van der Waals surface area contributed by atoms with E-state index in [1.165, 1.54) is 49.7 Å². The van der Waals surface area contributed by atoms with Gasteiger partial charge in [0.2, 0.25) is 15.3 Å². The lowest BCUT2D eigenvalue weighted by atomic mass is 9.85. The van der Waals surface area contributed by atoms with Gasteiger partial charge in [-0.2, -0.15) is 4.98 Å². The number of benzene rings is 1. The topological polar surface area (TPSA) is 175 Å². The molecule has 0 saturated carbocycles. The minimum atomic E-state index is -4.32. The monoisotopic (exact) mass is 592 g/mol. The van der Waals surface area contributed by atoms with E-state index in [2.05, 4.69) is 10.1 Å². The number of ether oxygens (including phenoxy) is 2. The van der Waals surface area contributed by atoms with Crippen LogP contribution in [0.25, 0.3) is 0 Å². The molecule has 1 N–H and O–H groups in total. The number of aryl methyl sites for hydroxylation is 1. The number of ketones is 1. The zero-order valence-corrected chi connectivity index (χ0v) is 24.2. The number of carbonyl (C=O) groups excluding carboxylic acids is 3. The van der Waals surface area contributed by atoms with Crippen LogP contribution in [-0.2, 0) is 41.7 Å². The Hall–Kier alpha value is -3.56.